The van der Waals surface area contributed by atoms with Gasteiger partial charge in [0.25, 0.3) is 0 Å². The van der Waals surface area contributed by atoms with Gasteiger partial charge in [-0.15, -0.1) is 0 Å². The van der Waals surface area contributed by atoms with E-state index in [4.69, 9.17) is 5.73 Å². The molecule has 0 saturated heterocycles. The molecule has 4 N–H and O–H groups in total. The number of benzene rings is 1. The minimum Gasteiger partial charge on any atom is -0.328 e. The molecular formula is C16H23N3O2. The van der Waals surface area contributed by atoms with Crippen molar-refractivity contribution in [1.82, 2.24) is 0 Å². The first-order valence-electron chi connectivity index (χ1n) is 7.40. The average Bonchev–Trinajstić information content (AvgIpc) is 2.41. The Morgan fingerprint density at radius 1 is 1.19 bits per heavy atom. The lowest BCUT2D eigenvalue weighted by molar-refractivity contribution is -0.121. The minimum atomic E-state index is -0.158. The van der Waals surface area contributed by atoms with E-state index in [9.17, 15) is 9.59 Å². The fourth-order valence-corrected chi connectivity index (χ4v) is 2.76. The van der Waals surface area contributed by atoms with Crippen molar-refractivity contribution in [2.45, 2.75) is 45.6 Å². The van der Waals surface area contributed by atoms with E-state index in [1.165, 1.54) is 6.92 Å². The number of carbonyl (C=O) groups is 2. The number of hydrogen-bond donors (Lipinski definition) is 3. The molecule has 2 amide bonds. The summed E-state index contributed by atoms with van der Waals surface area (Å²) in [5, 5.41) is 5.68. The zero-order valence-corrected chi connectivity index (χ0v) is 12.6. The fourth-order valence-electron chi connectivity index (χ4n) is 2.76. The summed E-state index contributed by atoms with van der Waals surface area (Å²) in [7, 11) is 0. The van der Waals surface area contributed by atoms with Gasteiger partial charge in [-0.25, -0.2) is 0 Å². The largest absolute Gasteiger partial charge is 0.328 e. The number of carbonyl (C=O) groups excluding carboxylic acids is 2. The molecule has 1 aromatic carbocycles. The number of anilines is 2. The molecule has 1 aliphatic carbocycles. The molecule has 0 radical (unpaired) electrons. The number of hydrogen-bond acceptors (Lipinski definition) is 3. The third-order valence-electron chi connectivity index (χ3n) is 3.83. The topological polar surface area (TPSA) is 84.2 Å². The van der Waals surface area contributed by atoms with Crippen molar-refractivity contribution < 1.29 is 9.59 Å². The normalized spacial score (nSPS) is 21.7. The molecule has 2 atom stereocenters. The van der Waals surface area contributed by atoms with Crippen LogP contribution in [0.3, 0.4) is 0 Å². The van der Waals surface area contributed by atoms with Crippen LogP contribution in [0.2, 0.25) is 0 Å². The van der Waals surface area contributed by atoms with Crippen LogP contribution in [0.4, 0.5) is 11.4 Å². The summed E-state index contributed by atoms with van der Waals surface area (Å²) in [5.41, 5.74) is 8.24. The van der Waals surface area contributed by atoms with Gasteiger partial charge in [-0.05, 0) is 43.9 Å². The molecule has 21 heavy (non-hydrogen) atoms. The lowest BCUT2D eigenvalue weighted by Crippen LogP contribution is -2.34. The third kappa shape index (κ3) is 4.29. The van der Waals surface area contributed by atoms with E-state index in [0.717, 1.165) is 31.2 Å². The second kappa shape index (κ2) is 6.72. The van der Waals surface area contributed by atoms with E-state index in [1.54, 1.807) is 6.07 Å². The van der Waals surface area contributed by atoms with Crippen molar-refractivity contribution in [3.63, 3.8) is 0 Å². The molecule has 1 fully saturated rings. The molecule has 0 spiro atoms. The van der Waals surface area contributed by atoms with Crippen molar-refractivity contribution in [3.05, 3.63) is 23.8 Å². The van der Waals surface area contributed by atoms with Crippen LogP contribution >= 0.6 is 0 Å². The Kier molecular flexibility index (Phi) is 4.96. The molecule has 0 aliphatic heterocycles. The van der Waals surface area contributed by atoms with Gasteiger partial charge in [0, 0.05) is 18.9 Å². The van der Waals surface area contributed by atoms with Gasteiger partial charge in [-0.2, -0.15) is 0 Å². The van der Waals surface area contributed by atoms with E-state index in [-0.39, 0.29) is 23.8 Å². The monoisotopic (exact) mass is 289 g/mol. The van der Waals surface area contributed by atoms with Crippen LogP contribution in [-0.2, 0) is 9.59 Å². The molecule has 2 rings (SSSR count). The summed E-state index contributed by atoms with van der Waals surface area (Å²) in [6.45, 7) is 3.40. The van der Waals surface area contributed by atoms with Crippen LogP contribution < -0.4 is 16.4 Å². The number of nitrogens with one attached hydrogen (secondary N) is 2. The molecule has 1 saturated carbocycles. The van der Waals surface area contributed by atoms with Gasteiger partial charge in [0.1, 0.15) is 0 Å². The quantitative estimate of drug-likeness (QED) is 0.799. The highest BCUT2D eigenvalue weighted by Crippen LogP contribution is 2.27. The second-order valence-electron chi connectivity index (χ2n) is 5.84. The first-order valence-corrected chi connectivity index (χ1v) is 7.40. The minimum absolute atomic E-state index is 0.0117. The Bertz CT molecular complexity index is 542. The zero-order chi connectivity index (χ0) is 15.4. The maximum Gasteiger partial charge on any atom is 0.227 e. The van der Waals surface area contributed by atoms with Gasteiger partial charge in [-0.3, -0.25) is 9.59 Å². The number of amides is 2. The van der Waals surface area contributed by atoms with Crippen molar-refractivity contribution in [3.8, 4) is 0 Å². The highest BCUT2D eigenvalue weighted by molar-refractivity contribution is 5.99. The molecule has 1 aliphatic rings. The van der Waals surface area contributed by atoms with Gasteiger partial charge >= 0.3 is 0 Å². The van der Waals surface area contributed by atoms with Crippen LogP contribution in [0.1, 0.15) is 38.2 Å². The Hall–Kier alpha value is -1.88. The van der Waals surface area contributed by atoms with E-state index >= 15 is 0 Å². The average molecular weight is 289 g/mol. The summed E-state index contributed by atoms with van der Waals surface area (Å²) < 4.78 is 0. The SMILES string of the molecule is CC(=O)Nc1ccc(C)cc1NC(=O)C1CCCC(N)C1. The predicted molar refractivity (Wildman–Crippen MR) is 84.0 cm³/mol. The summed E-state index contributed by atoms with van der Waals surface area (Å²) >= 11 is 0. The molecule has 0 bridgehead atoms. The highest BCUT2D eigenvalue weighted by Gasteiger charge is 2.25. The van der Waals surface area contributed by atoms with E-state index < -0.39 is 0 Å². The summed E-state index contributed by atoms with van der Waals surface area (Å²) in [6.07, 6.45) is 3.59. The second-order valence-corrected chi connectivity index (χ2v) is 5.84. The van der Waals surface area contributed by atoms with Crippen LogP contribution in [0.25, 0.3) is 0 Å². The molecule has 114 valence electrons. The molecular weight excluding hydrogens is 266 g/mol. The molecule has 5 nitrogen and oxygen atoms in total. The van der Waals surface area contributed by atoms with Crippen LogP contribution in [0, 0.1) is 12.8 Å². The van der Waals surface area contributed by atoms with Gasteiger partial charge in [0.05, 0.1) is 11.4 Å². The highest BCUT2D eigenvalue weighted by atomic mass is 16.2. The van der Waals surface area contributed by atoms with Crippen molar-refractivity contribution in [2.75, 3.05) is 10.6 Å². The van der Waals surface area contributed by atoms with Gasteiger partial charge in [0.15, 0.2) is 0 Å². The van der Waals surface area contributed by atoms with Crippen molar-refractivity contribution in [2.24, 2.45) is 11.7 Å². The maximum atomic E-state index is 12.4. The van der Waals surface area contributed by atoms with Crippen LogP contribution in [-0.4, -0.2) is 17.9 Å². The predicted octanol–water partition coefficient (Wildman–Crippen LogP) is 2.41. The smallest absolute Gasteiger partial charge is 0.227 e. The maximum absolute atomic E-state index is 12.4. The summed E-state index contributed by atoms with van der Waals surface area (Å²) in [5.74, 6) is -0.212. The van der Waals surface area contributed by atoms with Crippen LogP contribution in [0.5, 0.6) is 0 Å². The lowest BCUT2D eigenvalue weighted by atomic mass is 9.85. The Labute approximate surface area is 125 Å². The standard InChI is InChI=1S/C16H23N3O2/c1-10-6-7-14(18-11(2)20)15(8-10)19-16(21)12-4-3-5-13(17)9-12/h6-8,12-13H,3-5,9,17H2,1-2H3,(H,18,20)(H,19,21). The van der Waals surface area contributed by atoms with Crippen molar-refractivity contribution >= 4 is 23.2 Å². The Balaban J connectivity index is 2.12. The molecule has 5 heteroatoms. The van der Waals surface area contributed by atoms with Gasteiger partial charge < -0.3 is 16.4 Å². The van der Waals surface area contributed by atoms with Gasteiger partial charge in [-0.1, -0.05) is 12.5 Å². The van der Waals surface area contributed by atoms with E-state index in [0.29, 0.717) is 11.4 Å². The lowest BCUT2D eigenvalue weighted by Gasteiger charge is -2.26. The Morgan fingerprint density at radius 3 is 2.62 bits per heavy atom. The summed E-state index contributed by atoms with van der Waals surface area (Å²) in [4.78, 5) is 23.6. The zero-order valence-electron chi connectivity index (χ0n) is 12.6. The van der Waals surface area contributed by atoms with E-state index in [2.05, 4.69) is 10.6 Å². The van der Waals surface area contributed by atoms with E-state index in [1.807, 2.05) is 19.1 Å². The molecule has 0 aromatic heterocycles. The third-order valence-corrected chi connectivity index (χ3v) is 3.83. The molecule has 1 aromatic rings. The molecule has 0 heterocycles. The van der Waals surface area contributed by atoms with Gasteiger partial charge in [0.2, 0.25) is 11.8 Å². The number of rotatable bonds is 3. The molecule has 2 unspecified atom stereocenters. The van der Waals surface area contributed by atoms with Crippen molar-refractivity contribution in [1.29, 1.82) is 0 Å². The van der Waals surface area contributed by atoms with Crippen LogP contribution in [0.15, 0.2) is 18.2 Å². The summed E-state index contributed by atoms with van der Waals surface area (Å²) in [6, 6.07) is 5.68. The fraction of sp³-hybridized carbons (Fsp3) is 0.500. The Morgan fingerprint density at radius 2 is 1.95 bits per heavy atom. The number of nitrogens with two attached hydrogens (primary N) is 1. The first kappa shape index (κ1) is 15.5. The number of aryl methyl sites for hydroxylation is 1. The first-order chi connectivity index (χ1) is 9.95.